The van der Waals surface area contributed by atoms with Gasteiger partial charge in [0, 0.05) is 18.7 Å². The first kappa shape index (κ1) is 16.3. The van der Waals surface area contributed by atoms with Gasteiger partial charge in [-0.15, -0.1) is 0 Å². The fourth-order valence-corrected chi connectivity index (χ4v) is 1.93. The highest BCUT2D eigenvalue weighted by Gasteiger charge is 2.06. The van der Waals surface area contributed by atoms with E-state index in [0.29, 0.717) is 22.2 Å². The van der Waals surface area contributed by atoms with Crippen molar-refractivity contribution < 1.29 is 4.79 Å². The molecule has 1 aromatic rings. The van der Waals surface area contributed by atoms with Crippen molar-refractivity contribution >= 4 is 34.8 Å². The topological polar surface area (TPSA) is 32.3 Å². The highest BCUT2D eigenvalue weighted by Crippen LogP contribution is 2.24. The Bertz CT molecular complexity index is 424. The first-order chi connectivity index (χ1) is 9.02. The zero-order valence-corrected chi connectivity index (χ0v) is 12.9. The number of amides is 1. The van der Waals surface area contributed by atoms with E-state index in [1.165, 1.54) is 6.42 Å². The highest BCUT2D eigenvalue weighted by atomic mass is 35.5. The predicted molar refractivity (Wildman–Crippen MR) is 82.1 cm³/mol. The smallest absolute Gasteiger partial charge is 0.225 e. The first-order valence-corrected chi connectivity index (χ1v) is 7.22. The molecule has 0 aromatic heterocycles. The van der Waals surface area contributed by atoms with Gasteiger partial charge in [0.05, 0.1) is 10.0 Å². The highest BCUT2D eigenvalue weighted by molar-refractivity contribution is 6.42. The summed E-state index contributed by atoms with van der Waals surface area (Å²) in [5, 5.41) is 3.74. The molecule has 0 saturated heterocycles. The second-order valence-electron chi connectivity index (χ2n) is 4.58. The van der Waals surface area contributed by atoms with Gasteiger partial charge in [0.25, 0.3) is 0 Å². The van der Waals surface area contributed by atoms with Crippen molar-refractivity contribution in [2.45, 2.75) is 26.2 Å². The number of unbranched alkanes of at least 4 members (excludes halogenated alkanes) is 1. The number of nitrogens with one attached hydrogen (secondary N) is 1. The van der Waals surface area contributed by atoms with Crippen LogP contribution in [-0.2, 0) is 4.79 Å². The quantitative estimate of drug-likeness (QED) is 0.824. The van der Waals surface area contributed by atoms with Gasteiger partial charge in [0.15, 0.2) is 0 Å². The monoisotopic (exact) mass is 302 g/mol. The van der Waals surface area contributed by atoms with E-state index in [4.69, 9.17) is 23.2 Å². The van der Waals surface area contributed by atoms with Crippen LogP contribution in [0.25, 0.3) is 0 Å². The third-order valence-electron chi connectivity index (χ3n) is 2.82. The van der Waals surface area contributed by atoms with Crippen LogP contribution in [0, 0.1) is 0 Å². The Balaban J connectivity index is 2.36. The molecule has 0 aliphatic rings. The van der Waals surface area contributed by atoms with Gasteiger partial charge >= 0.3 is 0 Å². The lowest BCUT2D eigenvalue weighted by Crippen LogP contribution is -2.25. The number of benzene rings is 1. The van der Waals surface area contributed by atoms with E-state index in [2.05, 4.69) is 17.1 Å². The number of hydrogen-bond acceptors (Lipinski definition) is 2. The summed E-state index contributed by atoms with van der Waals surface area (Å²) in [5.41, 5.74) is 0.676. The molecule has 3 nitrogen and oxygen atoms in total. The van der Waals surface area contributed by atoms with E-state index >= 15 is 0 Å². The van der Waals surface area contributed by atoms with E-state index in [0.717, 1.165) is 19.5 Å². The molecule has 0 radical (unpaired) electrons. The zero-order chi connectivity index (χ0) is 14.3. The van der Waals surface area contributed by atoms with Crippen molar-refractivity contribution in [3.05, 3.63) is 28.2 Å². The molecular formula is C14H20Cl2N2O. The molecular weight excluding hydrogens is 283 g/mol. The third kappa shape index (κ3) is 6.28. The van der Waals surface area contributed by atoms with Crippen molar-refractivity contribution in [2.75, 3.05) is 25.5 Å². The lowest BCUT2D eigenvalue weighted by molar-refractivity contribution is -0.116. The standard InChI is InChI=1S/C14H20Cl2N2O/c1-3-4-8-18(2)9-7-14(19)17-11-5-6-12(15)13(16)10-11/h5-6,10H,3-4,7-9H2,1-2H3,(H,17,19). The van der Waals surface area contributed by atoms with Crippen molar-refractivity contribution in [3.8, 4) is 0 Å². The van der Waals surface area contributed by atoms with Crippen LogP contribution in [0.5, 0.6) is 0 Å². The summed E-state index contributed by atoms with van der Waals surface area (Å²) in [4.78, 5) is 13.9. The Kier molecular flexibility index (Phi) is 7.21. The summed E-state index contributed by atoms with van der Waals surface area (Å²) in [6.07, 6.45) is 2.80. The molecule has 0 fully saturated rings. The first-order valence-electron chi connectivity index (χ1n) is 6.46. The fourth-order valence-electron chi connectivity index (χ4n) is 1.63. The maximum atomic E-state index is 11.8. The number of anilines is 1. The van der Waals surface area contributed by atoms with Gasteiger partial charge in [0.1, 0.15) is 0 Å². The number of nitrogens with zero attached hydrogens (tertiary/aromatic N) is 1. The molecule has 0 saturated carbocycles. The largest absolute Gasteiger partial charge is 0.326 e. The molecule has 1 N–H and O–H groups in total. The third-order valence-corrected chi connectivity index (χ3v) is 3.56. The summed E-state index contributed by atoms with van der Waals surface area (Å²) in [5.74, 6) is -0.0123. The summed E-state index contributed by atoms with van der Waals surface area (Å²) >= 11 is 11.7. The Labute approximate surface area is 124 Å². The maximum absolute atomic E-state index is 11.8. The minimum absolute atomic E-state index is 0.0123. The summed E-state index contributed by atoms with van der Waals surface area (Å²) < 4.78 is 0. The SMILES string of the molecule is CCCCN(C)CCC(=O)Nc1ccc(Cl)c(Cl)c1. The second kappa shape index (κ2) is 8.41. The normalized spacial score (nSPS) is 10.8. The molecule has 0 atom stereocenters. The number of halogens is 2. The zero-order valence-electron chi connectivity index (χ0n) is 11.4. The number of carbonyl (C=O) groups excluding carboxylic acids is 1. The molecule has 1 rings (SSSR count). The predicted octanol–water partition coefficient (Wildman–Crippen LogP) is 4.05. The average Bonchev–Trinajstić information content (AvgIpc) is 2.38. The molecule has 0 spiro atoms. The Morgan fingerprint density at radius 2 is 2.00 bits per heavy atom. The van der Waals surface area contributed by atoms with Gasteiger partial charge in [-0.1, -0.05) is 36.5 Å². The molecule has 0 aliphatic carbocycles. The van der Waals surface area contributed by atoms with Crippen LogP contribution in [0.15, 0.2) is 18.2 Å². The number of rotatable bonds is 7. The molecule has 0 unspecified atom stereocenters. The molecule has 1 aromatic carbocycles. The lowest BCUT2D eigenvalue weighted by atomic mass is 10.3. The van der Waals surface area contributed by atoms with Crippen LogP contribution in [0.2, 0.25) is 10.0 Å². The van der Waals surface area contributed by atoms with Crippen LogP contribution >= 0.6 is 23.2 Å². The minimum Gasteiger partial charge on any atom is -0.326 e. The fraction of sp³-hybridized carbons (Fsp3) is 0.500. The van der Waals surface area contributed by atoms with Crippen molar-refractivity contribution in [1.82, 2.24) is 4.90 Å². The minimum atomic E-state index is -0.0123. The van der Waals surface area contributed by atoms with Gasteiger partial charge in [-0.05, 0) is 38.2 Å². The molecule has 5 heteroatoms. The van der Waals surface area contributed by atoms with Crippen LogP contribution < -0.4 is 5.32 Å². The van der Waals surface area contributed by atoms with E-state index in [-0.39, 0.29) is 5.91 Å². The molecule has 0 heterocycles. The summed E-state index contributed by atoms with van der Waals surface area (Å²) in [6.45, 7) is 3.94. The summed E-state index contributed by atoms with van der Waals surface area (Å²) in [6, 6.07) is 5.07. The molecule has 0 bridgehead atoms. The Morgan fingerprint density at radius 1 is 1.26 bits per heavy atom. The van der Waals surface area contributed by atoms with Crippen LogP contribution in [0.1, 0.15) is 26.2 Å². The van der Waals surface area contributed by atoms with Gasteiger partial charge in [-0.3, -0.25) is 4.79 Å². The average molecular weight is 303 g/mol. The molecule has 19 heavy (non-hydrogen) atoms. The van der Waals surface area contributed by atoms with Crippen molar-refractivity contribution in [1.29, 1.82) is 0 Å². The number of hydrogen-bond donors (Lipinski definition) is 1. The Morgan fingerprint density at radius 3 is 2.63 bits per heavy atom. The van der Waals surface area contributed by atoms with E-state index < -0.39 is 0 Å². The van der Waals surface area contributed by atoms with Crippen LogP contribution in [-0.4, -0.2) is 30.9 Å². The molecule has 1 amide bonds. The van der Waals surface area contributed by atoms with Crippen LogP contribution in [0.4, 0.5) is 5.69 Å². The van der Waals surface area contributed by atoms with E-state index in [1.54, 1.807) is 18.2 Å². The van der Waals surface area contributed by atoms with Gasteiger partial charge in [0.2, 0.25) is 5.91 Å². The Hall–Kier alpha value is -0.770. The number of carbonyl (C=O) groups is 1. The van der Waals surface area contributed by atoms with Gasteiger partial charge in [-0.25, -0.2) is 0 Å². The van der Waals surface area contributed by atoms with E-state index in [9.17, 15) is 4.79 Å². The second-order valence-corrected chi connectivity index (χ2v) is 5.40. The van der Waals surface area contributed by atoms with Gasteiger partial charge < -0.3 is 10.2 Å². The maximum Gasteiger partial charge on any atom is 0.225 e. The van der Waals surface area contributed by atoms with Gasteiger partial charge in [-0.2, -0.15) is 0 Å². The molecule has 106 valence electrons. The van der Waals surface area contributed by atoms with Crippen LogP contribution in [0.3, 0.4) is 0 Å². The van der Waals surface area contributed by atoms with Crippen molar-refractivity contribution in [2.24, 2.45) is 0 Å². The summed E-state index contributed by atoms with van der Waals surface area (Å²) in [7, 11) is 2.03. The molecule has 0 aliphatic heterocycles. The lowest BCUT2D eigenvalue weighted by Gasteiger charge is -2.15. The van der Waals surface area contributed by atoms with E-state index in [1.807, 2.05) is 7.05 Å². The van der Waals surface area contributed by atoms with Crippen molar-refractivity contribution in [3.63, 3.8) is 0 Å².